The lowest BCUT2D eigenvalue weighted by atomic mass is 9.97. The summed E-state index contributed by atoms with van der Waals surface area (Å²) in [6.07, 6.45) is -5.39. The van der Waals surface area contributed by atoms with Crippen LogP contribution in [0.5, 0.6) is 11.5 Å². The Morgan fingerprint density at radius 3 is 1.24 bits per heavy atom. The zero-order valence-electron chi connectivity index (χ0n) is 81.7. The van der Waals surface area contributed by atoms with Crippen LogP contribution in [0.4, 0.5) is 9.59 Å². The van der Waals surface area contributed by atoms with Gasteiger partial charge in [0, 0.05) is 96.5 Å². The molecule has 2 aliphatic rings. The number of carbonyl (C=O) groups excluding carboxylic acids is 17. The second-order valence-corrected chi connectivity index (χ2v) is 37.5. The van der Waals surface area contributed by atoms with Crippen molar-refractivity contribution in [2.75, 3.05) is 63.9 Å². The number of carbonyl (C=O) groups is 18. The van der Waals surface area contributed by atoms with E-state index in [0.717, 1.165) is 11.8 Å². The van der Waals surface area contributed by atoms with Gasteiger partial charge in [0.2, 0.25) is 88.6 Å². The summed E-state index contributed by atoms with van der Waals surface area (Å²) in [5.41, 5.74) is 45.7. The summed E-state index contributed by atoms with van der Waals surface area (Å²) >= 11 is 0. The smallest absolute Gasteiger partial charge is 0.312 e. The van der Waals surface area contributed by atoms with E-state index in [0.29, 0.717) is 43.5 Å². The molecule has 0 spiro atoms. The van der Waals surface area contributed by atoms with Gasteiger partial charge in [-0.25, -0.2) is 9.59 Å². The van der Waals surface area contributed by atoms with Crippen molar-refractivity contribution in [3.05, 3.63) is 108 Å². The number of aromatic hydroxyl groups is 2. The number of fused-ring (bicyclic) bond motifs is 2. The van der Waals surface area contributed by atoms with Crippen LogP contribution >= 0.6 is 21.6 Å². The topological polar surface area (TPSA) is 939 Å². The minimum atomic E-state index is -1.98. The van der Waals surface area contributed by atoms with Crippen LogP contribution in [0.25, 0.3) is 10.8 Å². The molecule has 2 saturated heterocycles. The highest BCUT2D eigenvalue weighted by Gasteiger charge is 2.43. The molecule has 44 N–H and O–H groups in total. The van der Waals surface area contributed by atoms with Gasteiger partial charge in [0.05, 0.1) is 0 Å². The molecule has 0 unspecified atom stereocenters. The molecule has 6 rings (SSSR count). The number of nitrogens with two attached hydrogens (primary N) is 8. The van der Waals surface area contributed by atoms with Crippen molar-refractivity contribution >= 4 is 169 Å². The van der Waals surface area contributed by atoms with Gasteiger partial charge in [-0.2, -0.15) is 0 Å². The number of hydrogen-bond donors (Lipinski definition) is 36. The highest BCUT2D eigenvalue weighted by Crippen LogP contribution is 2.27. The number of phenols is 2. The van der Waals surface area contributed by atoms with Crippen molar-refractivity contribution in [3.8, 4) is 11.5 Å². The number of rotatable bonds is 47. The van der Waals surface area contributed by atoms with E-state index < -0.39 is 272 Å². The molecule has 2 heterocycles. The van der Waals surface area contributed by atoms with E-state index in [4.69, 9.17) is 72.9 Å². The Morgan fingerprint density at radius 1 is 0.412 bits per heavy atom. The average molecular weight is 2110 g/mol. The molecule has 0 aromatic heterocycles. The molecule has 0 bridgehead atoms. The highest BCUT2D eigenvalue weighted by atomic mass is 33.1. The lowest BCUT2D eigenvalue weighted by Crippen LogP contribution is -2.61. The van der Waals surface area contributed by atoms with Crippen LogP contribution in [0.3, 0.4) is 0 Å². The minimum Gasteiger partial charge on any atom is -0.508 e. The summed E-state index contributed by atoms with van der Waals surface area (Å²) in [4.78, 5) is 264. The van der Waals surface area contributed by atoms with Gasteiger partial charge in [0.1, 0.15) is 96.1 Å². The number of nitrogens with zero attached hydrogens (tertiary/aromatic N) is 1. The standard InChI is InChI=1S/C91H138N34O21S2/c1-48(126)112-57(18-6-36-106-86(95)96)72(132)114-61(21-9-39-109-89(101)102)76(136)121-66(45-52-15-4-14-51-13-2-3-16-55(51)52)80(140)124-68-47-148-147-46-67(81(141)113-56(71(92)131)17-5-35-105-85(93)94)123-77(137)62(23-11-41-111-91(104)146)116-73(133)58(19-7-37-107-87(97)98)118-79(139)65(44-50-27-31-54(128)32-28-50)122-83(143)69-24-12-42-125(69)84(144)63(33-34-70(129)130)119-75(135)60(20-8-38-108-88(99)100)115-74(134)59(22-10-40-110-90(103)145)117-78(138)64(120-82(68)142)43-49-25-29-53(127)30-26-49/h2-4,13-16,25-32,56-69,127-128H,5-12,17-24,33-47H2,1H3,(H2,92,131)(H,112,126)(H,113,141)(H,114,132)(H,115,134)(H,116,133)(H,117,138)(H,118,139)(H,119,135)(H,120,142)(H,121,136)(H,122,143)(H,123,137)(H,124,140)(H,129,130)(H4,93,94,105)(H4,95,96,106)(H4,97,98,107)(H4,99,100,108)(H4,101,102,109)(H3,103,110,145)(H3,104,111,146)/t56-,57-,58-,59-,60-,61-,62-,63+,64-,65-,66-,67-,68-,69-/m0/s1. The molecule has 148 heavy (non-hydrogen) atoms. The van der Waals surface area contributed by atoms with E-state index in [1.807, 2.05) is 0 Å². The van der Waals surface area contributed by atoms with Crippen LogP contribution < -0.4 is 152 Å². The Bertz CT molecular complexity index is 5300. The maximum Gasteiger partial charge on any atom is 0.312 e. The van der Waals surface area contributed by atoms with Crippen molar-refractivity contribution < 1.29 is 102 Å². The van der Waals surface area contributed by atoms with Crippen LogP contribution in [0.2, 0.25) is 0 Å². The first-order chi connectivity index (χ1) is 70.3. The number of benzene rings is 4. The first-order valence-electron chi connectivity index (χ1n) is 47.8. The third-order valence-corrected chi connectivity index (χ3v) is 25.7. The number of urea groups is 2. The number of hydrogen-bond acceptors (Lipinski definition) is 27. The summed E-state index contributed by atoms with van der Waals surface area (Å²) < 4.78 is 0. The third kappa shape index (κ3) is 44.6. The zero-order chi connectivity index (χ0) is 109. The number of phenolic OH excluding ortho intramolecular Hbond substituents is 2. The third-order valence-electron chi connectivity index (χ3n) is 23.3. The molecule has 2 fully saturated rings. The predicted octanol–water partition coefficient (Wildman–Crippen LogP) is -7.45. The van der Waals surface area contributed by atoms with Gasteiger partial charge >= 0.3 is 18.0 Å². The van der Waals surface area contributed by atoms with E-state index >= 15 is 57.5 Å². The van der Waals surface area contributed by atoms with E-state index in [2.05, 4.69) is 106 Å². The number of carboxylic acids is 1. The van der Waals surface area contributed by atoms with Crippen LogP contribution in [0, 0.1) is 27.0 Å². The monoisotopic (exact) mass is 2110 g/mol. The Hall–Kier alpha value is -16.2. The molecule has 57 heteroatoms. The summed E-state index contributed by atoms with van der Waals surface area (Å²) in [5, 5.41) is 123. The van der Waals surface area contributed by atoms with Gasteiger partial charge in [-0.15, -0.1) is 0 Å². The molecular formula is C91H138N34O21S2. The van der Waals surface area contributed by atoms with E-state index in [9.17, 15) is 44.1 Å². The van der Waals surface area contributed by atoms with Crippen molar-refractivity contribution in [3.63, 3.8) is 0 Å². The molecule has 2 aliphatic heterocycles. The van der Waals surface area contributed by atoms with E-state index in [-0.39, 0.29) is 165 Å². The Kier molecular flexibility index (Phi) is 51.5. The SMILES string of the molecule is CC(=O)N[C@@H](CCCNC(=N)N)C(=O)N[C@@H](CCCNC(=N)N)C(=O)N[C@@H](Cc1cccc2ccccc12)C(=O)N[C@H]1CSSC[C@@H](C(=O)N[C@@H](CCCNC(=N)N)C(N)=O)NC(=O)[C@H](CCCNC(N)=O)NC(=O)[C@H](CCCNC(=N)N)NC(=O)[C@H](Cc2ccc(O)cc2)NC(=O)[C@@H]2CCCN2C(=O)[C@@H](CCC(=O)O)NC(=O)[C@H](CCCNC(=N)N)NC(=O)[C@H](CCCNC(N)=O)NC(=O)[C@H](Cc2ccc(O)cc2)NC1=O. The fraction of sp³-hybridized carbons (Fsp3) is 0.505. The Labute approximate surface area is 859 Å². The van der Waals surface area contributed by atoms with Gasteiger partial charge in [0.15, 0.2) is 29.8 Å². The molecule has 14 atom stereocenters. The second kappa shape index (κ2) is 63.2. The van der Waals surface area contributed by atoms with Crippen LogP contribution in [-0.2, 0) is 96.0 Å². The largest absolute Gasteiger partial charge is 0.508 e. The maximum absolute atomic E-state index is 16.1. The predicted molar refractivity (Wildman–Crippen MR) is 547 cm³/mol. The molecule has 4 aromatic carbocycles. The van der Waals surface area contributed by atoms with Gasteiger partial charge < -0.3 is 172 Å². The zero-order valence-corrected chi connectivity index (χ0v) is 83.4. The Morgan fingerprint density at radius 2 is 0.797 bits per heavy atom. The number of primary amides is 3. The fourth-order valence-corrected chi connectivity index (χ4v) is 18.1. The summed E-state index contributed by atoms with van der Waals surface area (Å²) in [6.45, 7) is 0.150. The molecule has 0 aliphatic carbocycles. The molecule has 4 aromatic rings. The van der Waals surface area contributed by atoms with Crippen molar-refractivity contribution in [2.45, 2.75) is 226 Å². The van der Waals surface area contributed by atoms with Crippen molar-refractivity contribution in [1.29, 1.82) is 27.0 Å². The molecular weight excluding hydrogens is 1970 g/mol. The number of nitrogens with one attached hydrogen (secondary N) is 25. The molecule has 810 valence electrons. The van der Waals surface area contributed by atoms with Crippen molar-refractivity contribution in [1.82, 2.24) is 111 Å². The van der Waals surface area contributed by atoms with Crippen molar-refractivity contribution in [2.24, 2.45) is 45.9 Å². The first-order valence-corrected chi connectivity index (χ1v) is 50.3. The number of carboxylic acid groups (broad SMARTS) is 1. The van der Waals surface area contributed by atoms with Crippen LogP contribution in [-0.4, -0.2) is 305 Å². The lowest BCUT2D eigenvalue weighted by Gasteiger charge is -2.31. The van der Waals surface area contributed by atoms with Gasteiger partial charge in [-0.3, -0.25) is 104 Å². The molecule has 0 radical (unpaired) electrons. The van der Waals surface area contributed by atoms with E-state index in [1.54, 1.807) is 42.5 Å². The fourth-order valence-electron chi connectivity index (χ4n) is 15.8. The van der Waals surface area contributed by atoms with Crippen LogP contribution in [0.1, 0.15) is 139 Å². The van der Waals surface area contributed by atoms with Crippen LogP contribution in [0.15, 0.2) is 91.0 Å². The van der Waals surface area contributed by atoms with Gasteiger partial charge in [-0.05, 0) is 161 Å². The first kappa shape index (κ1) is 121. The van der Waals surface area contributed by atoms with E-state index in [1.165, 1.54) is 48.5 Å². The quantitative estimate of drug-likeness (QED) is 0.00845. The molecule has 55 nitrogen and oxygen atoms in total. The normalized spacial score (nSPS) is 19.8. The summed E-state index contributed by atoms with van der Waals surface area (Å²) in [5.74, 6) is -21.7. The summed E-state index contributed by atoms with van der Waals surface area (Å²) in [6, 6.07) is -3.72. The Balaban J connectivity index is 1.64. The highest BCUT2D eigenvalue weighted by molar-refractivity contribution is 8.76. The summed E-state index contributed by atoms with van der Waals surface area (Å²) in [7, 11) is 1.42. The lowest BCUT2D eigenvalue weighted by molar-refractivity contribution is -0.143. The minimum absolute atomic E-state index is 0.00344. The molecule has 19 amide bonds. The number of guanidine groups is 5. The second-order valence-electron chi connectivity index (χ2n) is 34.9. The number of amides is 19. The van der Waals surface area contributed by atoms with Gasteiger partial charge in [0.25, 0.3) is 0 Å². The molecule has 0 saturated carbocycles. The maximum atomic E-state index is 16.1. The van der Waals surface area contributed by atoms with Gasteiger partial charge in [-0.1, -0.05) is 88.3 Å². The number of aliphatic carboxylic acids is 1. The average Bonchev–Trinajstić information content (AvgIpc) is 1.65.